The molecule has 0 bridgehead atoms. The zero-order valence-corrected chi connectivity index (χ0v) is 16.1. The topological polar surface area (TPSA) is 47.3 Å². The summed E-state index contributed by atoms with van der Waals surface area (Å²) in [6.07, 6.45) is -15.6. The van der Waals surface area contributed by atoms with Crippen LogP contribution in [0.25, 0.3) is 5.70 Å². The Balaban J connectivity index is 2.19. The van der Waals surface area contributed by atoms with Crippen LogP contribution < -0.4 is 11.2 Å². The minimum atomic E-state index is -5.40. The first kappa shape index (κ1) is 23.9. The molecule has 2 aromatic carbocycles. The minimum absolute atomic E-state index is 0.0109. The summed E-state index contributed by atoms with van der Waals surface area (Å²) in [6.45, 7) is 1.67. The van der Waals surface area contributed by atoms with Crippen LogP contribution in [-0.2, 0) is 22.8 Å². The van der Waals surface area contributed by atoms with E-state index in [1.807, 2.05) is 5.48 Å². The fraction of sp³-hybridized carbons (Fsp3) is 0.300. The average molecular weight is 470 g/mol. The first-order valence-corrected chi connectivity index (χ1v) is 8.94. The molecule has 0 radical (unpaired) electrons. The van der Waals surface area contributed by atoms with Gasteiger partial charge in [-0.05, 0) is 42.3 Å². The summed E-state index contributed by atoms with van der Waals surface area (Å²) in [5.74, 6) is 0. The molecule has 0 amide bonds. The van der Waals surface area contributed by atoms with Crippen LogP contribution in [0.4, 0.5) is 39.5 Å². The first-order chi connectivity index (χ1) is 14.5. The standard InChI is InChI=1S/C20H15F9N2O/c1-10(30)11-2-4-12(5-3-11)16-9-17(32-31-16,20(27,28)29)13-6-14(18(21,22)23)8-15(7-13)19(24,25)26/h2-10,31H,30H2,1H3. The number of nitrogens with two attached hydrogens (primary N) is 1. The Bertz CT molecular complexity index is 989. The molecule has 3 N–H and O–H groups in total. The lowest BCUT2D eigenvalue weighted by atomic mass is 9.88. The number of rotatable bonds is 3. The van der Waals surface area contributed by atoms with Crippen LogP contribution in [0.1, 0.15) is 40.8 Å². The molecule has 0 saturated heterocycles. The molecule has 0 saturated carbocycles. The molecule has 3 rings (SSSR count). The molecule has 174 valence electrons. The highest BCUT2D eigenvalue weighted by molar-refractivity contribution is 5.67. The van der Waals surface area contributed by atoms with E-state index in [4.69, 9.17) is 5.73 Å². The van der Waals surface area contributed by atoms with E-state index in [0.717, 1.165) is 0 Å². The predicted molar refractivity (Wildman–Crippen MR) is 95.4 cm³/mol. The van der Waals surface area contributed by atoms with Gasteiger partial charge in [-0.2, -0.15) is 39.5 Å². The molecule has 2 aromatic rings. The fourth-order valence-electron chi connectivity index (χ4n) is 3.12. The van der Waals surface area contributed by atoms with Crippen LogP contribution in [0.3, 0.4) is 0 Å². The third-order valence-corrected chi connectivity index (χ3v) is 4.85. The molecule has 0 spiro atoms. The second-order valence-corrected chi connectivity index (χ2v) is 7.20. The zero-order chi connectivity index (χ0) is 24.1. The van der Waals surface area contributed by atoms with Crippen molar-refractivity contribution in [3.63, 3.8) is 0 Å². The van der Waals surface area contributed by atoms with Crippen LogP contribution in [-0.4, -0.2) is 6.18 Å². The number of benzene rings is 2. The van der Waals surface area contributed by atoms with E-state index < -0.39 is 40.8 Å². The summed E-state index contributed by atoms with van der Waals surface area (Å²) in [6, 6.07) is 5.16. The summed E-state index contributed by atoms with van der Waals surface area (Å²) in [5, 5.41) is 0. The van der Waals surface area contributed by atoms with Crippen molar-refractivity contribution >= 4 is 5.70 Å². The predicted octanol–water partition coefficient (Wildman–Crippen LogP) is 6.08. The van der Waals surface area contributed by atoms with Gasteiger partial charge < -0.3 is 5.73 Å². The third kappa shape index (κ3) is 4.42. The normalized spacial score (nSPS) is 20.7. The summed E-state index contributed by atoms with van der Waals surface area (Å²) in [5.41, 5.74) is -0.539. The number of hydrogen-bond donors (Lipinski definition) is 2. The van der Waals surface area contributed by atoms with Crippen molar-refractivity contribution in [2.24, 2.45) is 5.73 Å². The highest BCUT2D eigenvalue weighted by Crippen LogP contribution is 2.49. The number of alkyl halides is 9. The average Bonchev–Trinajstić information content (AvgIpc) is 3.13. The second kappa shape index (κ2) is 7.69. The molecule has 2 unspecified atom stereocenters. The molecule has 3 nitrogen and oxygen atoms in total. The van der Waals surface area contributed by atoms with Gasteiger partial charge in [-0.15, -0.1) is 0 Å². The van der Waals surface area contributed by atoms with Crippen molar-refractivity contribution in [1.82, 2.24) is 5.48 Å². The Morgan fingerprint density at radius 2 is 1.34 bits per heavy atom. The van der Waals surface area contributed by atoms with Crippen LogP contribution >= 0.6 is 0 Å². The molecule has 1 aliphatic rings. The van der Waals surface area contributed by atoms with Crippen molar-refractivity contribution in [3.05, 3.63) is 76.4 Å². The van der Waals surface area contributed by atoms with E-state index in [1.54, 1.807) is 6.92 Å². The lowest BCUT2D eigenvalue weighted by Gasteiger charge is -2.29. The van der Waals surface area contributed by atoms with Crippen molar-refractivity contribution in [3.8, 4) is 0 Å². The van der Waals surface area contributed by atoms with Gasteiger partial charge in [0.15, 0.2) is 0 Å². The number of nitrogens with one attached hydrogen (secondary N) is 1. The summed E-state index contributed by atoms with van der Waals surface area (Å²) < 4.78 is 121. The first-order valence-electron chi connectivity index (χ1n) is 8.94. The number of hydroxylamine groups is 1. The lowest BCUT2D eigenvalue weighted by Crippen LogP contribution is -2.43. The van der Waals surface area contributed by atoms with E-state index in [2.05, 4.69) is 4.84 Å². The second-order valence-electron chi connectivity index (χ2n) is 7.20. The Morgan fingerprint density at radius 1 is 0.844 bits per heavy atom. The molecule has 1 heterocycles. The van der Waals surface area contributed by atoms with Gasteiger partial charge in [0.25, 0.3) is 0 Å². The molecule has 0 aromatic heterocycles. The molecule has 12 heteroatoms. The van der Waals surface area contributed by atoms with Gasteiger partial charge in [-0.3, -0.25) is 10.3 Å². The highest BCUT2D eigenvalue weighted by Gasteiger charge is 2.60. The van der Waals surface area contributed by atoms with E-state index >= 15 is 0 Å². The lowest BCUT2D eigenvalue weighted by molar-refractivity contribution is -0.269. The number of hydrogen-bond acceptors (Lipinski definition) is 3. The van der Waals surface area contributed by atoms with Crippen molar-refractivity contribution < 1.29 is 44.4 Å². The largest absolute Gasteiger partial charge is 0.428 e. The Morgan fingerprint density at radius 3 is 1.75 bits per heavy atom. The van der Waals surface area contributed by atoms with Crippen LogP contribution in [0, 0.1) is 0 Å². The molecule has 0 aliphatic carbocycles. The zero-order valence-electron chi connectivity index (χ0n) is 16.1. The van der Waals surface area contributed by atoms with Gasteiger partial charge in [0.1, 0.15) is 0 Å². The van der Waals surface area contributed by atoms with Gasteiger partial charge in [-0.25, -0.2) is 0 Å². The Hall–Kier alpha value is -2.73. The van der Waals surface area contributed by atoms with Crippen molar-refractivity contribution in [2.75, 3.05) is 0 Å². The molecular formula is C20H15F9N2O. The Labute approximate surface area is 175 Å². The van der Waals surface area contributed by atoms with Gasteiger partial charge in [-0.1, -0.05) is 24.3 Å². The third-order valence-electron chi connectivity index (χ3n) is 4.85. The smallest absolute Gasteiger partial charge is 0.324 e. The van der Waals surface area contributed by atoms with E-state index in [1.165, 1.54) is 24.3 Å². The van der Waals surface area contributed by atoms with Crippen LogP contribution in [0.15, 0.2) is 48.5 Å². The van der Waals surface area contributed by atoms with Crippen molar-refractivity contribution in [2.45, 2.75) is 37.1 Å². The van der Waals surface area contributed by atoms with E-state index in [9.17, 15) is 39.5 Å². The van der Waals surface area contributed by atoms with Crippen molar-refractivity contribution in [1.29, 1.82) is 0 Å². The maximum Gasteiger partial charge on any atom is 0.428 e. The summed E-state index contributed by atoms with van der Waals surface area (Å²) in [4.78, 5) is 4.64. The quantitative estimate of drug-likeness (QED) is 0.535. The van der Waals surface area contributed by atoms with Gasteiger partial charge in [0, 0.05) is 11.6 Å². The van der Waals surface area contributed by atoms with Crippen LogP contribution in [0.2, 0.25) is 0 Å². The van der Waals surface area contributed by atoms with Gasteiger partial charge in [0.05, 0.1) is 16.8 Å². The van der Waals surface area contributed by atoms with Crippen LogP contribution in [0.5, 0.6) is 0 Å². The molecular weight excluding hydrogens is 455 g/mol. The summed E-state index contributed by atoms with van der Waals surface area (Å²) >= 11 is 0. The fourth-order valence-corrected chi connectivity index (χ4v) is 3.12. The van der Waals surface area contributed by atoms with Gasteiger partial charge >= 0.3 is 18.5 Å². The highest BCUT2D eigenvalue weighted by atomic mass is 19.4. The van der Waals surface area contributed by atoms with E-state index in [-0.39, 0.29) is 35.5 Å². The number of halogens is 9. The summed E-state index contributed by atoms with van der Waals surface area (Å²) in [7, 11) is 0. The maximum atomic E-state index is 14.0. The minimum Gasteiger partial charge on any atom is -0.324 e. The molecule has 0 fully saturated rings. The molecule has 2 atom stereocenters. The van der Waals surface area contributed by atoms with E-state index in [0.29, 0.717) is 11.6 Å². The molecule has 32 heavy (non-hydrogen) atoms. The monoisotopic (exact) mass is 470 g/mol. The molecule has 1 aliphatic heterocycles. The maximum absolute atomic E-state index is 14.0. The Kier molecular flexibility index (Phi) is 5.75. The van der Waals surface area contributed by atoms with Gasteiger partial charge in [0.2, 0.25) is 5.60 Å². The SMILES string of the molecule is CC(N)c1ccc(C2=CC(c3cc(C(F)(F)F)cc(C(F)(F)F)c3)(C(F)(F)F)ON2)cc1.